The molecule has 0 radical (unpaired) electrons. The van der Waals surface area contributed by atoms with Crippen molar-refractivity contribution in [3.05, 3.63) is 53.7 Å². The third kappa shape index (κ3) is 4.35. The number of amides is 2. The highest BCUT2D eigenvalue weighted by atomic mass is 16.2. The number of benzene rings is 1. The van der Waals surface area contributed by atoms with E-state index in [0.29, 0.717) is 38.0 Å². The number of pyridine rings is 1. The number of nitrogens with one attached hydrogen (secondary N) is 1. The summed E-state index contributed by atoms with van der Waals surface area (Å²) in [5, 5.41) is 2.96. The van der Waals surface area contributed by atoms with E-state index in [9.17, 15) is 9.59 Å². The van der Waals surface area contributed by atoms with Crippen LogP contribution in [-0.2, 0) is 4.79 Å². The van der Waals surface area contributed by atoms with Crippen LogP contribution in [0.2, 0.25) is 0 Å². The second-order valence-corrected chi connectivity index (χ2v) is 7.07. The molecule has 1 aromatic carbocycles. The Labute approximate surface area is 160 Å². The van der Waals surface area contributed by atoms with E-state index in [1.807, 2.05) is 49.1 Å². The molecule has 2 aromatic rings. The van der Waals surface area contributed by atoms with Crippen molar-refractivity contribution in [3.8, 4) is 11.3 Å². The molecule has 1 aromatic heterocycles. The molecule has 27 heavy (non-hydrogen) atoms. The summed E-state index contributed by atoms with van der Waals surface area (Å²) in [4.78, 5) is 31.6. The third-order valence-electron chi connectivity index (χ3n) is 5.14. The normalized spacial score (nSPS) is 14.8. The second-order valence-electron chi connectivity index (χ2n) is 7.07. The van der Waals surface area contributed by atoms with Gasteiger partial charge >= 0.3 is 0 Å². The van der Waals surface area contributed by atoms with Gasteiger partial charge in [-0.05, 0) is 43.9 Å². The van der Waals surface area contributed by atoms with Gasteiger partial charge in [-0.3, -0.25) is 14.6 Å². The number of aryl methyl sites for hydroxylation is 1. The lowest BCUT2D eigenvalue weighted by Gasteiger charge is -2.31. The van der Waals surface area contributed by atoms with Crippen molar-refractivity contribution in [2.45, 2.75) is 33.1 Å². The van der Waals surface area contributed by atoms with E-state index in [4.69, 9.17) is 0 Å². The largest absolute Gasteiger partial charge is 0.356 e. The molecule has 142 valence electrons. The molecule has 1 fully saturated rings. The van der Waals surface area contributed by atoms with Gasteiger partial charge < -0.3 is 10.2 Å². The molecule has 1 aliphatic rings. The zero-order chi connectivity index (χ0) is 19.2. The van der Waals surface area contributed by atoms with Crippen molar-refractivity contribution in [1.82, 2.24) is 15.2 Å². The number of nitrogens with zero attached hydrogens (tertiary/aromatic N) is 2. The van der Waals surface area contributed by atoms with Crippen LogP contribution in [0.1, 0.15) is 42.1 Å². The topological polar surface area (TPSA) is 62.3 Å². The van der Waals surface area contributed by atoms with E-state index >= 15 is 0 Å². The van der Waals surface area contributed by atoms with Crippen molar-refractivity contribution in [1.29, 1.82) is 0 Å². The van der Waals surface area contributed by atoms with Gasteiger partial charge in [-0.1, -0.05) is 31.2 Å². The molecule has 1 saturated heterocycles. The molecule has 5 heteroatoms. The van der Waals surface area contributed by atoms with E-state index in [1.165, 1.54) is 0 Å². The maximum atomic E-state index is 13.1. The SMILES string of the molecule is CCCNC(=O)C1CCN(C(=O)c2cccnc2-c2ccccc2C)CC1. The van der Waals surface area contributed by atoms with Crippen LogP contribution >= 0.6 is 0 Å². The van der Waals surface area contributed by atoms with Gasteiger partial charge in [0.1, 0.15) is 0 Å². The van der Waals surface area contributed by atoms with E-state index in [-0.39, 0.29) is 17.7 Å². The standard InChI is InChI=1S/C22H27N3O2/c1-3-12-24-21(26)17-10-14-25(15-11-17)22(27)19-9-6-13-23-20(19)18-8-5-4-7-16(18)2/h4-9,13,17H,3,10-12,14-15H2,1-2H3,(H,24,26). The minimum Gasteiger partial charge on any atom is -0.356 e. The maximum absolute atomic E-state index is 13.1. The van der Waals surface area contributed by atoms with Gasteiger partial charge in [-0.15, -0.1) is 0 Å². The van der Waals surface area contributed by atoms with Gasteiger partial charge in [0.15, 0.2) is 0 Å². The second kappa shape index (κ2) is 8.80. The van der Waals surface area contributed by atoms with Crippen molar-refractivity contribution in [3.63, 3.8) is 0 Å². The van der Waals surface area contributed by atoms with Crippen LogP contribution in [-0.4, -0.2) is 41.3 Å². The lowest BCUT2D eigenvalue weighted by Crippen LogP contribution is -2.43. The molecule has 1 aliphatic heterocycles. The molecular weight excluding hydrogens is 338 g/mol. The Balaban J connectivity index is 1.73. The highest BCUT2D eigenvalue weighted by Crippen LogP contribution is 2.27. The summed E-state index contributed by atoms with van der Waals surface area (Å²) in [7, 11) is 0. The monoisotopic (exact) mass is 365 g/mol. The van der Waals surface area contributed by atoms with Gasteiger partial charge in [-0.2, -0.15) is 0 Å². The average Bonchev–Trinajstić information content (AvgIpc) is 2.72. The highest BCUT2D eigenvalue weighted by molar-refractivity contribution is 6.00. The summed E-state index contributed by atoms with van der Waals surface area (Å²) in [6.45, 7) is 5.99. The van der Waals surface area contributed by atoms with Crippen LogP contribution in [0.5, 0.6) is 0 Å². The van der Waals surface area contributed by atoms with E-state index in [0.717, 1.165) is 23.2 Å². The van der Waals surface area contributed by atoms with Gasteiger partial charge in [-0.25, -0.2) is 0 Å². The number of piperidine rings is 1. The summed E-state index contributed by atoms with van der Waals surface area (Å²) in [6, 6.07) is 11.6. The summed E-state index contributed by atoms with van der Waals surface area (Å²) in [5.74, 6) is 0.116. The lowest BCUT2D eigenvalue weighted by molar-refractivity contribution is -0.126. The average molecular weight is 365 g/mol. The minimum absolute atomic E-state index is 0.00494. The van der Waals surface area contributed by atoms with E-state index < -0.39 is 0 Å². The van der Waals surface area contributed by atoms with Gasteiger partial charge in [0.2, 0.25) is 5.91 Å². The smallest absolute Gasteiger partial charge is 0.256 e. The highest BCUT2D eigenvalue weighted by Gasteiger charge is 2.29. The van der Waals surface area contributed by atoms with Crippen LogP contribution in [0, 0.1) is 12.8 Å². The summed E-state index contributed by atoms with van der Waals surface area (Å²) >= 11 is 0. The predicted molar refractivity (Wildman–Crippen MR) is 106 cm³/mol. The third-order valence-corrected chi connectivity index (χ3v) is 5.14. The Morgan fingerprint density at radius 1 is 1.15 bits per heavy atom. The number of rotatable bonds is 5. The molecule has 0 atom stereocenters. The molecule has 0 spiro atoms. The first-order chi connectivity index (χ1) is 13.1. The Bertz CT molecular complexity index is 811. The molecule has 0 saturated carbocycles. The number of likely N-dealkylation sites (tertiary alicyclic amines) is 1. The summed E-state index contributed by atoms with van der Waals surface area (Å²) < 4.78 is 0. The quantitative estimate of drug-likeness (QED) is 0.883. The fourth-order valence-electron chi connectivity index (χ4n) is 3.54. The first kappa shape index (κ1) is 19.1. The van der Waals surface area contributed by atoms with E-state index in [2.05, 4.69) is 10.3 Å². The molecule has 0 aliphatic carbocycles. The number of carbonyl (C=O) groups excluding carboxylic acids is 2. The molecular formula is C22H27N3O2. The molecule has 2 amide bonds. The number of hydrogen-bond acceptors (Lipinski definition) is 3. The zero-order valence-electron chi connectivity index (χ0n) is 16.1. The molecule has 5 nitrogen and oxygen atoms in total. The van der Waals surface area contributed by atoms with Gasteiger partial charge in [0, 0.05) is 37.3 Å². The fourth-order valence-corrected chi connectivity index (χ4v) is 3.54. The van der Waals surface area contributed by atoms with Crippen molar-refractivity contribution in [2.24, 2.45) is 5.92 Å². The Kier molecular flexibility index (Phi) is 6.22. The molecule has 3 rings (SSSR count). The summed E-state index contributed by atoms with van der Waals surface area (Å²) in [5.41, 5.74) is 3.43. The Morgan fingerprint density at radius 3 is 2.59 bits per heavy atom. The molecule has 2 heterocycles. The molecule has 0 unspecified atom stereocenters. The van der Waals surface area contributed by atoms with Crippen molar-refractivity contribution < 1.29 is 9.59 Å². The van der Waals surface area contributed by atoms with E-state index in [1.54, 1.807) is 12.3 Å². The number of hydrogen-bond donors (Lipinski definition) is 1. The molecule has 1 N–H and O–H groups in total. The summed E-state index contributed by atoms with van der Waals surface area (Å²) in [6.07, 6.45) is 4.08. The lowest BCUT2D eigenvalue weighted by atomic mass is 9.94. The zero-order valence-corrected chi connectivity index (χ0v) is 16.1. The maximum Gasteiger partial charge on any atom is 0.256 e. The van der Waals surface area contributed by atoms with Crippen molar-refractivity contribution in [2.75, 3.05) is 19.6 Å². The van der Waals surface area contributed by atoms with Gasteiger partial charge in [0.05, 0.1) is 11.3 Å². The molecule has 0 bridgehead atoms. The van der Waals surface area contributed by atoms with Crippen LogP contribution in [0.25, 0.3) is 11.3 Å². The van der Waals surface area contributed by atoms with Crippen LogP contribution in [0.4, 0.5) is 0 Å². The van der Waals surface area contributed by atoms with Crippen LogP contribution in [0.3, 0.4) is 0 Å². The van der Waals surface area contributed by atoms with Crippen LogP contribution in [0.15, 0.2) is 42.6 Å². The fraction of sp³-hybridized carbons (Fsp3) is 0.409. The Hall–Kier alpha value is -2.69. The number of carbonyl (C=O) groups is 2. The predicted octanol–water partition coefficient (Wildman–Crippen LogP) is 3.44. The van der Waals surface area contributed by atoms with Crippen LogP contribution < -0.4 is 5.32 Å². The minimum atomic E-state index is -0.00577. The van der Waals surface area contributed by atoms with Gasteiger partial charge in [0.25, 0.3) is 5.91 Å². The first-order valence-corrected chi connectivity index (χ1v) is 9.69. The Morgan fingerprint density at radius 2 is 1.89 bits per heavy atom. The van der Waals surface area contributed by atoms with Crippen molar-refractivity contribution >= 4 is 11.8 Å². The first-order valence-electron chi connectivity index (χ1n) is 9.69. The number of aromatic nitrogens is 1.